The van der Waals surface area contributed by atoms with E-state index in [-0.39, 0.29) is 31.5 Å². The molecule has 3 aromatic rings. The van der Waals surface area contributed by atoms with Crippen LogP contribution in [0.15, 0.2) is 66.7 Å². The number of carbonyl (C=O) groups excluding carboxylic acids is 2. The Bertz CT molecular complexity index is 1450. The molecule has 2 amide bonds. The minimum absolute atomic E-state index is 0.0748. The third kappa shape index (κ3) is 7.20. The number of rotatable bonds is 7. The Labute approximate surface area is 237 Å². The summed E-state index contributed by atoms with van der Waals surface area (Å²) >= 11 is 6.23. The van der Waals surface area contributed by atoms with Crippen molar-refractivity contribution in [2.75, 3.05) is 19.6 Å². The quantitative estimate of drug-likeness (QED) is 0.341. The summed E-state index contributed by atoms with van der Waals surface area (Å²) < 4.78 is 68.0. The Balaban J connectivity index is 1.56. The molecule has 0 bridgehead atoms. The first-order chi connectivity index (χ1) is 19.4. The normalized spacial score (nSPS) is 15.9. The highest BCUT2D eigenvalue weighted by molar-refractivity contribution is 6.33. The molecule has 1 atom stereocenters. The molecule has 2 N–H and O–H groups in total. The van der Waals surface area contributed by atoms with Crippen LogP contribution in [-0.2, 0) is 4.79 Å². The van der Waals surface area contributed by atoms with Crippen molar-refractivity contribution < 1.29 is 31.5 Å². The number of nitrogens with one attached hydrogen (secondary N) is 2. The Morgan fingerprint density at radius 3 is 2.15 bits per heavy atom. The predicted octanol–water partition coefficient (Wildman–Crippen LogP) is 5.79. The Hall–Kier alpha value is -4.01. The molecule has 0 aliphatic carbocycles. The van der Waals surface area contributed by atoms with Gasteiger partial charge in [-0.05, 0) is 48.7 Å². The summed E-state index contributed by atoms with van der Waals surface area (Å²) in [6.45, 7) is -1.46. The van der Waals surface area contributed by atoms with Gasteiger partial charge in [0.25, 0.3) is 5.91 Å². The molecule has 1 aliphatic rings. The lowest BCUT2D eigenvalue weighted by atomic mass is 9.88. The second-order valence-electron chi connectivity index (χ2n) is 9.67. The third-order valence-corrected chi connectivity index (χ3v) is 7.18. The van der Waals surface area contributed by atoms with Gasteiger partial charge in [-0.3, -0.25) is 14.5 Å². The van der Waals surface area contributed by atoms with Crippen molar-refractivity contribution in [3.8, 4) is 17.2 Å². The zero-order chi connectivity index (χ0) is 29.8. The van der Waals surface area contributed by atoms with Gasteiger partial charge in [0.05, 0.1) is 18.2 Å². The van der Waals surface area contributed by atoms with Crippen LogP contribution in [0.1, 0.15) is 34.8 Å². The summed E-state index contributed by atoms with van der Waals surface area (Å²) in [4.78, 5) is 27.7. The molecule has 214 valence electrons. The van der Waals surface area contributed by atoms with E-state index in [0.29, 0.717) is 10.6 Å². The summed E-state index contributed by atoms with van der Waals surface area (Å²) in [5.74, 6) is -4.12. The maximum Gasteiger partial charge on any atom is 0.401 e. The zero-order valence-corrected chi connectivity index (χ0v) is 22.2. The minimum atomic E-state index is -4.43. The average Bonchev–Trinajstić information content (AvgIpc) is 2.93. The van der Waals surface area contributed by atoms with Crippen LogP contribution in [0.4, 0.5) is 22.0 Å². The van der Waals surface area contributed by atoms with Crippen molar-refractivity contribution in [3.05, 3.63) is 94.5 Å². The average molecular weight is 591 g/mol. The number of nitriles is 1. The number of alkyl halides is 3. The lowest BCUT2D eigenvalue weighted by molar-refractivity contribution is -0.149. The molecular weight excluding hydrogens is 567 g/mol. The van der Waals surface area contributed by atoms with Crippen LogP contribution in [0, 0.1) is 23.0 Å². The third-order valence-electron chi connectivity index (χ3n) is 6.85. The molecule has 0 aromatic heterocycles. The van der Waals surface area contributed by atoms with Crippen molar-refractivity contribution >= 4 is 23.4 Å². The van der Waals surface area contributed by atoms with E-state index >= 15 is 0 Å². The number of halogens is 6. The highest BCUT2D eigenvalue weighted by Gasteiger charge is 2.41. The molecule has 1 aliphatic heterocycles. The predicted molar refractivity (Wildman–Crippen MR) is 142 cm³/mol. The molecule has 1 fully saturated rings. The number of nitrogens with zero attached hydrogens (tertiary/aromatic N) is 2. The number of amides is 2. The summed E-state index contributed by atoms with van der Waals surface area (Å²) in [6.07, 6.45) is -4.75. The van der Waals surface area contributed by atoms with Gasteiger partial charge in [0.15, 0.2) is 0 Å². The minimum Gasteiger partial charge on any atom is -0.336 e. The molecule has 1 unspecified atom stereocenters. The van der Waals surface area contributed by atoms with E-state index in [1.54, 1.807) is 36.4 Å². The van der Waals surface area contributed by atoms with Gasteiger partial charge in [-0.2, -0.15) is 18.4 Å². The van der Waals surface area contributed by atoms with E-state index in [2.05, 4.69) is 10.6 Å². The Morgan fingerprint density at radius 2 is 1.59 bits per heavy atom. The highest BCUT2D eigenvalue weighted by atomic mass is 35.5. The Morgan fingerprint density at radius 1 is 0.976 bits per heavy atom. The van der Waals surface area contributed by atoms with Gasteiger partial charge < -0.3 is 10.6 Å². The van der Waals surface area contributed by atoms with E-state index in [0.717, 1.165) is 28.7 Å². The van der Waals surface area contributed by atoms with Crippen molar-refractivity contribution in [3.63, 3.8) is 0 Å². The Kier molecular flexibility index (Phi) is 8.95. The van der Waals surface area contributed by atoms with E-state index in [4.69, 9.17) is 11.6 Å². The molecule has 3 aromatic carbocycles. The second-order valence-corrected chi connectivity index (χ2v) is 10.1. The second kappa shape index (κ2) is 12.2. The fourth-order valence-electron chi connectivity index (χ4n) is 4.69. The van der Waals surface area contributed by atoms with Crippen LogP contribution < -0.4 is 10.6 Å². The number of carbonyl (C=O) groups is 2. The zero-order valence-electron chi connectivity index (χ0n) is 21.4. The van der Waals surface area contributed by atoms with E-state index < -0.39 is 53.3 Å². The molecule has 0 saturated carbocycles. The van der Waals surface area contributed by atoms with Crippen LogP contribution in [-0.4, -0.2) is 48.1 Å². The molecular formula is C29H24ClF5N4O2. The van der Waals surface area contributed by atoms with Crippen molar-refractivity contribution in [2.24, 2.45) is 0 Å². The first-order valence-corrected chi connectivity index (χ1v) is 12.9. The van der Waals surface area contributed by atoms with Crippen LogP contribution >= 0.6 is 11.6 Å². The number of hydrogen-bond acceptors (Lipinski definition) is 4. The molecule has 1 heterocycles. The van der Waals surface area contributed by atoms with Crippen molar-refractivity contribution in [2.45, 2.75) is 30.6 Å². The number of hydrogen-bond donors (Lipinski definition) is 2. The summed E-state index contributed by atoms with van der Waals surface area (Å²) in [6, 6.07) is 16.2. The fourth-order valence-corrected chi connectivity index (χ4v) is 4.93. The molecule has 6 nitrogen and oxygen atoms in total. The summed E-state index contributed by atoms with van der Waals surface area (Å²) in [7, 11) is 0. The lowest BCUT2D eigenvalue weighted by Crippen LogP contribution is -2.57. The fraction of sp³-hybridized carbons (Fsp3) is 0.276. The lowest BCUT2D eigenvalue weighted by Gasteiger charge is -2.38. The van der Waals surface area contributed by atoms with Gasteiger partial charge in [0.1, 0.15) is 23.2 Å². The monoisotopic (exact) mass is 590 g/mol. The number of benzene rings is 3. The first kappa shape index (κ1) is 30.0. The summed E-state index contributed by atoms with van der Waals surface area (Å²) in [5, 5.41) is 15.1. The van der Waals surface area contributed by atoms with Crippen LogP contribution in [0.5, 0.6) is 0 Å². The maximum atomic E-state index is 14.8. The van der Waals surface area contributed by atoms with Gasteiger partial charge in [0.2, 0.25) is 5.91 Å². The number of likely N-dealkylation sites (tertiary alicyclic amines) is 1. The molecule has 41 heavy (non-hydrogen) atoms. The largest absolute Gasteiger partial charge is 0.401 e. The number of piperidine rings is 1. The van der Waals surface area contributed by atoms with Crippen molar-refractivity contribution in [1.29, 1.82) is 5.26 Å². The molecule has 4 rings (SSSR count). The van der Waals surface area contributed by atoms with Crippen LogP contribution in [0.2, 0.25) is 5.02 Å². The topological polar surface area (TPSA) is 85.2 Å². The first-order valence-electron chi connectivity index (χ1n) is 12.5. The van der Waals surface area contributed by atoms with Gasteiger partial charge in [-0.25, -0.2) is 8.78 Å². The molecule has 0 radical (unpaired) electrons. The van der Waals surface area contributed by atoms with E-state index in [1.165, 1.54) is 12.1 Å². The standard InChI is InChI=1S/C29H24ClF5N4O2/c30-21-5-2-1-4-20(21)18-8-10-19(11-9-18)26(40)37-25(24-22(31)6-3-7-23(24)32)27(41)38-28(16-36)12-14-39(15-13-28)17-29(33,34)35/h1-11,25H,12-15,17H2,(H,37,40)(H,38,41). The van der Waals surface area contributed by atoms with Gasteiger partial charge in [-0.1, -0.05) is 48.0 Å². The van der Waals surface area contributed by atoms with E-state index in [1.807, 2.05) is 6.07 Å². The molecule has 0 spiro atoms. The highest BCUT2D eigenvalue weighted by Crippen LogP contribution is 2.29. The van der Waals surface area contributed by atoms with Gasteiger partial charge in [0, 0.05) is 29.2 Å². The maximum absolute atomic E-state index is 14.8. The van der Waals surface area contributed by atoms with Crippen LogP contribution in [0.3, 0.4) is 0 Å². The molecule has 1 saturated heterocycles. The van der Waals surface area contributed by atoms with Crippen LogP contribution in [0.25, 0.3) is 11.1 Å². The SMILES string of the molecule is N#CC1(NC(=O)C(NC(=O)c2ccc(-c3ccccc3Cl)cc2)c2c(F)cccc2F)CCN(CC(F)(F)F)CC1. The van der Waals surface area contributed by atoms with E-state index in [9.17, 15) is 36.8 Å². The molecule has 12 heteroatoms. The van der Waals surface area contributed by atoms with Gasteiger partial charge >= 0.3 is 6.18 Å². The smallest absolute Gasteiger partial charge is 0.336 e. The van der Waals surface area contributed by atoms with Crippen molar-refractivity contribution in [1.82, 2.24) is 15.5 Å². The summed E-state index contributed by atoms with van der Waals surface area (Å²) in [5.41, 5.74) is -0.843. The van der Waals surface area contributed by atoms with Gasteiger partial charge in [-0.15, -0.1) is 0 Å².